The number of esters is 1. The minimum Gasteiger partial charge on any atom is -0.464 e. The molecule has 4 heterocycles. The number of amides is 1. The fraction of sp³-hybridized carbons (Fsp3) is 0.576. The van der Waals surface area contributed by atoms with E-state index in [4.69, 9.17) is 10.5 Å². The zero-order valence-electron chi connectivity index (χ0n) is 25.8. The number of quaternary nitrogens is 2. The van der Waals surface area contributed by atoms with Crippen molar-refractivity contribution < 1.29 is 28.4 Å². The first-order valence-electron chi connectivity index (χ1n) is 15.5. The molecule has 2 aromatic rings. The van der Waals surface area contributed by atoms with Crippen LogP contribution in [0.25, 0.3) is 10.8 Å². The second-order valence-electron chi connectivity index (χ2n) is 13.7. The first-order chi connectivity index (χ1) is 20.0. The maximum Gasteiger partial charge on any atom is 0.354 e. The summed E-state index contributed by atoms with van der Waals surface area (Å²) in [5.74, 6) is -1.21. The number of carbonyl (C=O) groups is 2. The number of carbonyl (C=O) groups excluding carboxylic acids is 2. The van der Waals surface area contributed by atoms with Gasteiger partial charge in [0.25, 0.3) is 0 Å². The molecule has 2 saturated heterocycles. The molecule has 6 rings (SSSR count). The first kappa shape index (κ1) is 29.1. The molecule has 3 unspecified atom stereocenters. The Kier molecular flexibility index (Phi) is 7.37. The molecule has 0 aromatic heterocycles. The van der Waals surface area contributed by atoms with Crippen LogP contribution >= 0.6 is 0 Å². The van der Waals surface area contributed by atoms with Crippen LogP contribution < -0.4 is 10.6 Å². The second-order valence-corrected chi connectivity index (χ2v) is 13.7. The number of fused-ring (bicyclic) bond motifs is 1. The highest BCUT2D eigenvalue weighted by atomic mass is 16.5. The summed E-state index contributed by atoms with van der Waals surface area (Å²) in [6, 6.07) is 10.9. The molecule has 4 aliphatic rings. The number of nitrogens with two attached hydrogens (primary N) is 1. The zero-order chi connectivity index (χ0) is 30.0. The molecule has 4 aliphatic heterocycles. The lowest BCUT2D eigenvalue weighted by Gasteiger charge is -2.46. The Balaban J connectivity index is 1.24. The number of methoxy groups -OCH3 is 1. The average molecular weight is 578 g/mol. The monoisotopic (exact) mass is 577 g/mol. The van der Waals surface area contributed by atoms with Gasteiger partial charge in [-0.25, -0.2) is 4.79 Å². The fourth-order valence-corrected chi connectivity index (χ4v) is 8.05. The topological polar surface area (TPSA) is 96.1 Å². The summed E-state index contributed by atoms with van der Waals surface area (Å²) < 4.78 is 7.32. The van der Waals surface area contributed by atoms with Crippen molar-refractivity contribution in [2.24, 2.45) is 17.6 Å². The van der Waals surface area contributed by atoms with E-state index >= 15 is 0 Å². The van der Waals surface area contributed by atoms with Crippen molar-refractivity contribution in [1.82, 2.24) is 4.90 Å². The maximum absolute atomic E-state index is 13.0. The van der Waals surface area contributed by atoms with Gasteiger partial charge >= 0.3 is 5.97 Å². The van der Waals surface area contributed by atoms with Crippen LogP contribution in [0.2, 0.25) is 0 Å². The second kappa shape index (κ2) is 10.6. The van der Waals surface area contributed by atoms with Gasteiger partial charge in [-0.15, -0.1) is 0 Å². The Morgan fingerprint density at radius 2 is 1.81 bits per heavy atom. The molecule has 9 heteroatoms. The van der Waals surface area contributed by atoms with Gasteiger partial charge in [0.1, 0.15) is 31.9 Å². The normalized spacial score (nSPS) is 31.0. The van der Waals surface area contributed by atoms with Crippen molar-refractivity contribution in [3.05, 3.63) is 52.7 Å². The molecular weight excluding hydrogens is 530 g/mol. The SMILES string of the molecule is COC(=O)C1=C(CN2Cc3ccc(CC[N+]4(C)CC[N+](C)(CCN)CC4)c4cccc2c34)[C@H](C)C2C(C(C)O)C(=O)N12. The number of piperazine rings is 1. The third kappa shape index (κ3) is 4.61. The molecule has 0 radical (unpaired) electrons. The lowest BCUT2D eigenvalue weighted by molar-refractivity contribution is -1.01. The molecule has 0 spiro atoms. The summed E-state index contributed by atoms with van der Waals surface area (Å²) >= 11 is 0. The van der Waals surface area contributed by atoms with E-state index in [0.29, 0.717) is 12.2 Å². The van der Waals surface area contributed by atoms with E-state index in [-0.39, 0.29) is 17.9 Å². The zero-order valence-corrected chi connectivity index (χ0v) is 25.8. The number of anilines is 1. The number of aliphatic hydroxyl groups excluding tert-OH is 1. The molecular formula is C33H47N5O4+2. The summed E-state index contributed by atoms with van der Waals surface area (Å²) in [7, 11) is 6.10. The lowest BCUT2D eigenvalue weighted by atomic mass is 9.77. The van der Waals surface area contributed by atoms with Crippen LogP contribution in [-0.2, 0) is 27.3 Å². The quantitative estimate of drug-likeness (QED) is 0.268. The van der Waals surface area contributed by atoms with Gasteiger partial charge in [-0.05, 0) is 35.1 Å². The first-order valence-corrected chi connectivity index (χ1v) is 15.5. The standard InChI is InChI=1S/C33H47N5O4/c1-21-26(31(33(41)42-5)36-30(21)28(22(2)39)32(36)40)20-35-19-24-10-9-23(25-7-6-8-27(35)29(24)25)11-13-37(3)15-17-38(4,14-12-34)18-16-37/h6-10,21-22,28,30,39H,11-20,34H2,1-5H3/q+2/t21-,22?,28?,30?,37?,38?/m0/s1. The van der Waals surface area contributed by atoms with Crippen molar-refractivity contribution in [3.63, 3.8) is 0 Å². The minimum absolute atomic E-state index is 0.0470. The van der Waals surface area contributed by atoms with Crippen molar-refractivity contribution in [2.75, 3.05) is 78.5 Å². The average Bonchev–Trinajstić information content (AvgIpc) is 3.44. The summed E-state index contributed by atoms with van der Waals surface area (Å²) in [5.41, 5.74) is 11.0. The van der Waals surface area contributed by atoms with Crippen molar-refractivity contribution in [2.45, 2.75) is 39.0 Å². The smallest absolute Gasteiger partial charge is 0.354 e. The highest BCUT2D eigenvalue weighted by molar-refractivity contribution is 6.03. The molecule has 1 amide bonds. The van der Waals surface area contributed by atoms with E-state index in [0.717, 1.165) is 47.1 Å². The number of nitrogens with zero attached hydrogens (tertiary/aromatic N) is 4. The largest absolute Gasteiger partial charge is 0.464 e. The number of benzene rings is 2. The summed E-state index contributed by atoms with van der Waals surface area (Å²) in [6.07, 6.45) is 0.276. The van der Waals surface area contributed by atoms with Gasteiger partial charge in [-0.3, -0.25) is 4.79 Å². The van der Waals surface area contributed by atoms with Crippen molar-refractivity contribution in [1.29, 1.82) is 0 Å². The third-order valence-corrected chi connectivity index (χ3v) is 10.9. The van der Waals surface area contributed by atoms with Crippen LogP contribution in [0.5, 0.6) is 0 Å². The highest BCUT2D eigenvalue weighted by Gasteiger charge is 2.60. The summed E-state index contributed by atoms with van der Waals surface area (Å²) in [5, 5.41) is 12.9. The van der Waals surface area contributed by atoms with Gasteiger partial charge in [-0.2, -0.15) is 0 Å². The molecule has 2 fully saturated rings. The van der Waals surface area contributed by atoms with Crippen LogP contribution in [0.3, 0.4) is 0 Å². The van der Waals surface area contributed by atoms with Crippen LogP contribution in [0.1, 0.15) is 25.0 Å². The van der Waals surface area contributed by atoms with Gasteiger partial charge in [0, 0.05) is 43.0 Å². The van der Waals surface area contributed by atoms with E-state index in [9.17, 15) is 14.7 Å². The molecule has 2 aromatic carbocycles. The Morgan fingerprint density at radius 3 is 2.45 bits per heavy atom. The Hall–Kier alpha value is -2.98. The molecule has 9 nitrogen and oxygen atoms in total. The summed E-state index contributed by atoms with van der Waals surface area (Å²) in [6.45, 7) is 12.6. The van der Waals surface area contributed by atoms with E-state index in [1.807, 2.05) is 0 Å². The maximum atomic E-state index is 13.0. The predicted molar refractivity (Wildman–Crippen MR) is 163 cm³/mol. The number of ether oxygens (including phenoxy) is 1. The molecule has 3 N–H and O–H groups in total. The third-order valence-electron chi connectivity index (χ3n) is 10.9. The van der Waals surface area contributed by atoms with Crippen LogP contribution in [0.15, 0.2) is 41.6 Å². The molecule has 0 bridgehead atoms. The van der Waals surface area contributed by atoms with Crippen LogP contribution in [0.4, 0.5) is 5.69 Å². The van der Waals surface area contributed by atoms with Crippen molar-refractivity contribution >= 4 is 28.3 Å². The van der Waals surface area contributed by atoms with Crippen LogP contribution in [-0.4, -0.2) is 117 Å². The Bertz CT molecular complexity index is 1440. The minimum atomic E-state index is -0.758. The Labute approximate surface area is 249 Å². The number of aliphatic hydroxyl groups is 1. The molecule has 4 atom stereocenters. The van der Waals surface area contributed by atoms with E-state index in [2.05, 4.69) is 56.3 Å². The number of hydrogen-bond donors (Lipinski definition) is 2. The summed E-state index contributed by atoms with van der Waals surface area (Å²) in [4.78, 5) is 29.8. The van der Waals surface area contributed by atoms with Gasteiger partial charge in [0.15, 0.2) is 0 Å². The van der Waals surface area contributed by atoms with Gasteiger partial charge < -0.3 is 34.3 Å². The Morgan fingerprint density at radius 1 is 1.12 bits per heavy atom. The van der Waals surface area contributed by atoms with Crippen LogP contribution in [0, 0.1) is 11.8 Å². The predicted octanol–water partition coefficient (Wildman–Crippen LogP) is 1.85. The number of hydrogen-bond acceptors (Lipinski definition) is 6. The van der Waals surface area contributed by atoms with Crippen molar-refractivity contribution in [3.8, 4) is 0 Å². The van der Waals surface area contributed by atoms with E-state index in [1.54, 1.807) is 11.8 Å². The number of rotatable bonds is 9. The molecule has 42 heavy (non-hydrogen) atoms. The number of β-lactam (4-membered cyclic amide) rings is 1. The van der Waals surface area contributed by atoms with Gasteiger partial charge in [0.05, 0.1) is 52.4 Å². The molecule has 0 aliphatic carbocycles. The van der Waals surface area contributed by atoms with E-state index in [1.165, 1.54) is 60.9 Å². The van der Waals surface area contributed by atoms with Gasteiger partial charge in [-0.1, -0.05) is 31.2 Å². The fourth-order valence-electron chi connectivity index (χ4n) is 8.05. The molecule has 0 saturated carbocycles. The molecule has 226 valence electrons. The van der Waals surface area contributed by atoms with Gasteiger partial charge in [0.2, 0.25) is 5.91 Å². The lowest BCUT2D eigenvalue weighted by Crippen LogP contribution is -2.65. The highest BCUT2D eigenvalue weighted by Crippen LogP contribution is 2.49. The number of likely N-dealkylation sites (N-methyl/N-ethyl adjacent to an activating group) is 2. The van der Waals surface area contributed by atoms with E-state index < -0.39 is 18.0 Å².